The summed E-state index contributed by atoms with van der Waals surface area (Å²) in [6, 6.07) is 24.6. The maximum absolute atomic E-state index is 12.0. The number of benzene rings is 3. The fourth-order valence-electron chi connectivity index (χ4n) is 2.69. The molecule has 3 aromatic rings. The first-order valence-electron chi connectivity index (χ1n) is 9.74. The second-order valence-corrected chi connectivity index (χ2v) is 7.49. The Bertz CT molecular complexity index is 1050. The molecule has 0 aliphatic carbocycles. The van der Waals surface area contributed by atoms with Gasteiger partial charge in [0.15, 0.2) is 0 Å². The fourth-order valence-corrected chi connectivity index (χ4v) is 3.07. The normalized spacial score (nSPS) is 10.6. The smallest absolute Gasteiger partial charge is 0.240 e. The molecule has 2 N–H and O–H groups in total. The summed E-state index contributed by atoms with van der Waals surface area (Å²) in [6.07, 6.45) is 1.61. The van der Waals surface area contributed by atoms with Gasteiger partial charge in [-0.15, -0.1) is 0 Å². The molecule has 6 nitrogen and oxygen atoms in total. The van der Waals surface area contributed by atoms with Crippen LogP contribution < -0.4 is 15.5 Å². The summed E-state index contributed by atoms with van der Waals surface area (Å²) in [5.74, 6) is 0.0732. The van der Waals surface area contributed by atoms with E-state index >= 15 is 0 Å². The van der Waals surface area contributed by atoms with Gasteiger partial charge in [-0.25, -0.2) is 5.43 Å². The summed E-state index contributed by atoms with van der Waals surface area (Å²) >= 11 is 3.37. The Morgan fingerprint density at radius 3 is 2.35 bits per heavy atom. The molecule has 0 radical (unpaired) electrons. The van der Waals surface area contributed by atoms with Crippen LogP contribution in [0, 0.1) is 0 Å². The summed E-state index contributed by atoms with van der Waals surface area (Å²) in [5.41, 5.74) is 4.91. The van der Waals surface area contributed by atoms with E-state index in [4.69, 9.17) is 4.74 Å². The minimum atomic E-state index is -0.346. The van der Waals surface area contributed by atoms with Crippen molar-refractivity contribution in [3.8, 4) is 5.75 Å². The molecule has 0 heterocycles. The van der Waals surface area contributed by atoms with Gasteiger partial charge in [-0.3, -0.25) is 9.59 Å². The molecule has 0 saturated carbocycles. The molecular formula is C24H22BrN3O3. The minimum Gasteiger partial charge on any atom is -0.488 e. The van der Waals surface area contributed by atoms with Crippen molar-refractivity contribution in [2.24, 2.45) is 5.10 Å². The quantitative estimate of drug-likeness (QED) is 0.338. The SMILES string of the molecule is O=C(CCC(=O)Nc1ccccc1Br)N/N=C\c1ccccc1OCc1ccccc1. The lowest BCUT2D eigenvalue weighted by atomic mass is 10.2. The summed E-state index contributed by atoms with van der Waals surface area (Å²) in [5, 5.41) is 6.75. The van der Waals surface area contributed by atoms with Crippen LogP contribution in [0.5, 0.6) is 5.75 Å². The highest BCUT2D eigenvalue weighted by atomic mass is 79.9. The molecular weight excluding hydrogens is 458 g/mol. The van der Waals surface area contributed by atoms with Crippen molar-refractivity contribution in [1.29, 1.82) is 0 Å². The van der Waals surface area contributed by atoms with E-state index in [1.165, 1.54) is 6.21 Å². The second kappa shape index (κ2) is 11.7. The van der Waals surface area contributed by atoms with Gasteiger partial charge in [0.05, 0.1) is 11.9 Å². The summed E-state index contributed by atoms with van der Waals surface area (Å²) in [6.45, 7) is 0.435. The van der Waals surface area contributed by atoms with Crippen LogP contribution in [0.15, 0.2) is 88.4 Å². The molecule has 3 rings (SSSR count). The number of carbonyl (C=O) groups excluding carboxylic acids is 2. The summed E-state index contributed by atoms with van der Waals surface area (Å²) < 4.78 is 6.65. The maximum Gasteiger partial charge on any atom is 0.240 e. The highest BCUT2D eigenvalue weighted by Gasteiger charge is 2.08. The monoisotopic (exact) mass is 479 g/mol. The zero-order valence-electron chi connectivity index (χ0n) is 16.8. The first-order chi connectivity index (χ1) is 15.1. The van der Waals surface area contributed by atoms with Gasteiger partial charge in [0.25, 0.3) is 0 Å². The summed E-state index contributed by atoms with van der Waals surface area (Å²) in [7, 11) is 0. The van der Waals surface area contributed by atoms with Crippen molar-refractivity contribution < 1.29 is 14.3 Å². The third kappa shape index (κ3) is 7.38. The van der Waals surface area contributed by atoms with E-state index in [0.717, 1.165) is 15.6 Å². The lowest BCUT2D eigenvalue weighted by molar-refractivity contribution is -0.124. The average molecular weight is 480 g/mol. The van der Waals surface area contributed by atoms with Crippen molar-refractivity contribution in [2.45, 2.75) is 19.4 Å². The Hall–Kier alpha value is -3.45. The van der Waals surface area contributed by atoms with E-state index in [2.05, 4.69) is 31.8 Å². The number of hydrogen-bond acceptors (Lipinski definition) is 4. The fraction of sp³-hybridized carbons (Fsp3) is 0.125. The number of ether oxygens (including phenoxy) is 1. The second-order valence-electron chi connectivity index (χ2n) is 6.63. The maximum atomic E-state index is 12.0. The number of hydrazone groups is 1. The van der Waals surface area contributed by atoms with E-state index in [9.17, 15) is 9.59 Å². The topological polar surface area (TPSA) is 79.8 Å². The number of nitrogens with one attached hydrogen (secondary N) is 2. The molecule has 0 saturated heterocycles. The number of halogens is 1. The molecule has 7 heteroatoms. The number of nitrogens with zero attached hydrogens (tertiary/aromatic N) is 1. The van der Waals surface area contributed by atoms with E-state index in [0.29, 0.717) is 18.0 Å². The van der Waals surface area contributed by atoms with E-state index in [1.807, 2.05) is 72.8 Å². The van der Waals surface area contributed by atoms with Crippen LogP contribution in [0.25, 0.3) is 0 Å². The van der Waals surface area contributed by atoms with E-state index < -0.39 is 0 Å². The van der Waals surface area contributed by atoms with E-state index in [1.54, 1.807) is 6.07 Å². The van der Waals surface area contributed by atoms with Gasteiger partial charge in [0, 0.05) is 22.9 Å². The number of para-hydroxylation sites is 2. The highest BCUT2D eigenvalue weighted by Crippen LogP contribution is 2.21. The first kappa shape index (κ1) is 22.2. The molecule has 158 valence electrons. The van der Waals surface area contributed by atoms with Gasteiger partial charge >= 0.3 is 0 Å². The van der Waals surface area contributed by atoms with Crippen LogP contribution in [0.1, 0.15) is 24.0 Å². The predicted octanol–water partition coefficient (Wildman–Crippen LogP) is 4.90. The Morgan fingerprint density at radius 2 is 1.55 bits per heavy atom. The molecule has 2 amide bonds. The van der Waals surface area contributed by atoms with Crippen LogP contribution in [0.3, 0.4) is 0 Å². The van der Waals surface area contributed by atoms with Gasteiger partial charge < -0.3 is 10.1 Å². The predicted molar refractivity (Wildman–Crippen MR) is 125 cm³/mol. The van der Waals surface area contributed by atoms with Crippen LogP contribution >= 0.6 is 15.9 Å². The number of carbonyl (C=O) groups is 2. The highest BCUT2D eigenvalue weighted by molar-refractivity contribution is 9.10. The molecule has 0 unspecified atom stereocenters. The molecule has 0 bridgehead atoms. The van der Waals surface area contributed by atoms with Crippen LogP contribution in [0.4, 0.5) is 5.69 Å². The van der Waals surface area contributed by atoms with Crippen molar-refractivity contribution in [3.63, 3.8) is 0 Å². The van der Waals surface area contributed by atoms with Gasteiger partial charge in [-0.2, -0.15) is 5.10 Å². The zero-order valence-corrected chi connectivity index (χ0v) is 18.3. The molecule has 31 heavy (non-hydrogen) atoms. The Morgan fingerprint density at radius 1 is 0.871 bits per heavy atom. The van der Waals surface area contributed by atoms with Gasteiger partial charge in [0.1, 0.15) is 12.4 Å². The van der Waals surface area contributed by atoms with Crippen LogP contribution in [-0.2, 0) is 16.2 Å². The number of hydrogen-bond donors (Lipinski definition) is 2. The number of anilines is 1. The van der Waals surface area contributed by atoms with Crippen LogP contribution in [0.2, 0.25) is 0 Å². The van der Waals surface area contributed by atoms with Crippen LogP contribution in [-0.4, -0.2) is 18.0 Å². The molecule has 0 fully saturated rings. The Kier molecular flexibility index (Phi) is 8.37. The average Bonchev–Trinajstić information content (AvgIpc) is 2.79. The number of amides is 2. The lowest BCUT2D eigenvalue weighted by Crippen LogP contribution is -2.20. The standard InChI is InChI=1S/C24H22BrN3O3/c25-20-11-5-6-12-21(20)27-23(29)14-15-24(30)28-26-16-19-10-4-7-13-22(19)31-17-18-8-2-1-3-9-18/h1-13,16H,14-15,17H2,(H,27,29)(H,28,30)/b26-16-. The lowest BCUT2D eigenvalue weighted by Gasteiger charge is -2.09. The molecule has 0 aromatic heterocycles. The first-order valence-corrected chi connectivity index (χ1v) is 10.5. The van der Waals surface area contributed by atoms with Crippen molar-refractivity contribution >= 4 is 39.6 Å². The van der Waals surface area contributed by atoms with Gasteiger partial charge in [0.2, 0.25) is 11.8 Å². The Labute approximate surface area is 189 Å². The molecule has 0 atom stereocenters. The third-order valence-corrected chi connectivity index (χ3v) is 4.97. The van der Waals surface area contributed by atoms with Gasteiger partial charge in [-0.05, 0) is 45.8 Å². The summed E-state index contributed by atoms with van der Waals surface area (Å²) in [4.78, 5) is 24.0. The molecule has 0 aliphatic heterocycles. The molecule has 0 aliphatic rings. The zero-order chi connectivity index (χ0) is 21.9. The molecule has 3 aromatic carbocycles. The van der Waals surface area contributed by atoms with Crippen molar-refractivity contribution in [2.75, 3.05) is 5.32 Å². The van der Waals surface area contributed by atoms with Gasteiger partial charge in [-0.1, -0.05) is 54.6 Å². The number of rotatable bonds is 9. The third-order valence-electron chi connectivity index (χ3n) is 4.28. The van der Waals surface area contributed by atoms with E-state index in [-0.39, 0.29) is 24.7 Å². The largest absolute Gasteiger partial charge is 0.488 e. The van der Waals surface area contributed by atoms with Crippen molar-refractivity contribution in [1.82, 2.24) is 5.43 Å². The molecule has 0 spiro atoms. The van der Waals surface area contributed by atoms with Crippen molar-refractivity contribution in [3.05, 3.63) is 94.5 Å². The minimum absolute atomic E-state index is 0.0276. The Balaban J connectivity index is 1.46.